The molecular formula is C44H52O12. The SMILES string of the molecule is O=C(Oc1ccc(CCO)cc1)C1CCC(C(=O)Oc2ccc(CCO)cc2)CC1.O=C(Oc1ccc(O)cc1)C1CCC(C(=O)Oc2ccc(O)cc2)CC1.[HH].[HH]. The van der Waals surface area contributed by atoms with Gasteiger partial charge in [0.1, 0.15) is 34.5 Å². The van der Waals surface area contributed by atoms with Crippen molar-refractivity contribution < 1.29 is 61.4 Å². The van der Waals surface area contributed by atoms with E-state index in [2.05, 4.69) is 0 Å². The third-order valence-corrected chi connectivity index (χ3v) is 9.98. The van der Waals surface area contributed by atoms with Crippen LogP contribution in [0.4, 0.5) is 0 Å². The van der Waals surface area contributed by atoms with Crippen LogP contribution in [0.2, 0.25) is 0 Å². The molecule has 300 valence electrons. The van der Waals surface area contributed by atoms with Crippen LogP contribution in [0.5, 0.6) is 34.5 Å². The molecule has 0 heterocycles. The first-order valence-electron chi connectivity index (χ1n) is 18.9. The number of phenolic OH excluding ortho intramolecular Hbond substituents is 2. The van der Waals surface area contributed by atoms with Crippen LogP contribution in [0, 0.1) is 23.7 Å². The highest BCUT2D eigenvalue weighted by atomic mass is 16.5. The molecule has 0 aromatic heterocycles. The summed E-state index contributed by atoms with van der Waals surface area (Å²) >= 11 is 0. The number of rotatable bonds is 12. The molecule has 12 heteroatoms. The van der Waals surface area contributed by atoms with E-state index in [1.807, 2.05) is 24.3 Å². The number of carbonyl (C=O) groups is 4. The van der Waals surface area contributed by atoms with Gasteiger partial charge in [0, 0.05) is 16.1 Å². The van der Waals surface area contributed by atoms with Crippen molar-refractivity contribution in [3.8, 4) is 34.5 Å². The van der Waals surface area contributed by atoms with Gasteiger partial charge in [0.25, 0.3) is 0 Å². The van der Waals surface area contributed by atoms with E-state index in [4.69, 9.17) is 29.2 Å². The Bertz CT molecular complexity index is 1730. The smallest absolute Gasteiger partial charge is 0.314 e. The van der Waals surface area contributed by atoms with Crippen molar-refractivity contribution >= 4 is 23.9 Å². The number of phenols is 2. The van der Waals surface area contributed by atoms with Gasteiger partial charge in [-0.3, -0.25) is 19.2 Å². The minimum absolute atomic E-state index is 0. The Hall–Kier alpha value is -5.72. The van der Waals surface area contributed by atoms with Gasteiger partial charge in [-0.1, -0.05) is 24.3 Å². The number of hydrogen-bond donors (Lipinski definition) is 4. The van der Waals surface area contributed by atoms with Crippen LogP contribution in [0.1, 0.15) is 65.3 Å². The van der Waals surface area contributed by atoms with Crippen molar-refractivity contribution in [2.45, 2.75) is 64.2 Å². The van der Waals surface area contributed by atoms with Crippen molar-refractivity contribution in [3.63, 3.8) is 0 Å². The van der Waals surface area contributed by atoms with Gasteiger partial charge in [-0.2, -0.15) is 0 Å². The number of benzene rings is 4. The zero-order valence-corrected chi connectivity index (χ0v) is 31.1. The fourth-order valence-electron chi connectivity index (χ4n) is 6.66. The summed E-state index contributed by atoms with van der Waals surface area (Å²) in [5, 5.41) is 36.4. The Morgan fingerprint density at radius 1 is 0.411 bits per heavy atom. The standard InChI is InChI=1S/C24H28O6.C20H20O6.2H2/c25-15-13-17-1-9-21(10-2-17)29-23(27)19-5-7-20(8-6-19)24(28)30-22-11-3-18(4-12-22)14-16-26;21-15-5-9-17(10-6-15)25-19(23)13-1-2-14(4-3-13)20(24)26-18-11-7-16(22)8-12-18;;/h1-4,9-12,19-20,25-26H,5-8,13-16H2;5-14,21-22H,1-4H2;2*1H. The predicted molar refractivity (Wildman–Crippen MR) is 208 cm³/mol. The van der Waals surface area contributed by atoms with Crippen molar-refractivity contribution in [2.24, 2.45) is 23.7 Å². The molecule has 0 spiro atoms. The van der Waals surface area contributed by atoms with E-state index in [1.54, 1.807) is 24.3 Å². The maximum atomic E-state index is 12.4. The lowest BCUT2D eigenvalue weighted by Crippen LogP contribution is -2.30. The Morgan fingerprint density at radius 3 is 0.839 bits per heavy atom. The van der Waals surface area contributed by atoms with Gasteiger partial charge in [0.05, 0.1) is 23.7 Å². The number of carbonyl (C=O) groups excluding carboxylic acids is 4. The monoisotopic (exact) mass is 772 g/mol. The second-order valence-electron chi connectivity index (χ2n) is 14.0. The average Bonchev–Trinajstić information content (AvgIpc) is 3.21. The third-order valence-electron chi connectivity index (χ3n) is 9.98. The van der Waals surface area contributed by atoms with Crippen LogP contribution < -0.4 is 18.9 Å². The molecule has 0 radical (unpaired) electrons. The predicted octanol–water partition coefficient (Wildman–Crippen LogP) is 6.98. The van der Waals surface area contributed by atoms with Gasteiger partial charge in [-0.25, -0.2) is 0 Å². The Balaban J connectivity index is 0.000000303. The second kappa shape index (κ2) is 20.8. The molecule has 0 amide bonds. The van der Waals surface area contributed by atoms with Gasteiger partial charge in [0.2, 0.25) is 0 Å². The highest BCUT2D eigenvalue weighted by Gasteiger charge is 2.33. The van der Waals surface area contributed by atoms with Crippen molar-refractivity contribution in [2.75, 3.05) is 13.2 Å². The molecule has 12 nitrogen and oxygen atoms in total. The van der Waals surface area contributed by atoms with Crippen molar-refractivity contribution in [1.29, 1.82) is 0 Å². The molecule has 4 aromatic rings. The molecule has 0 aliphatic heterocycles. The lowest BCUT2D eigenvalue weighted by Gasteiger charge is -2.25. The number of aromatic hydroxyl groups is 2. The first-order chi connectivity index (χ1) is 27.1. The summed E-state index contributed by atoms with van der Waals surface area (Å²) in [7, 11) is 0. The minimum atomic E-state index is -0.318. The van der Waals surface area contributed by atoms with E-state index < -0.39 is 0 Å². The third kappa shape index (κ3) is 12.7. The summed E-state index contributed by atoms with van der Waals surface area (Å²) in [6.07, 6.45) is 5.76. The highest BCUT2D eigenvalue weighted by molar-refractivity contribution is 5.79. The molecule has 2 fully saturated rings. The minimum Gasteiger partial charge on any atom is -0.508 e. The van der Waals surface area contributed by atoms with Crippen LogP contribution in [-0.2, 0) is 32.0 Å². The molecule has 6 rings (SSSR count). The fraction of sp³-hybridized carbons (Fsp3) is 0.364. The Morgan fingerprint density at radius 2 is 0.625 bits per heavy atom. The molecule has 4 N–H and O–H groups in total. The van der Waals surface area contributed by atoms with Gasteiger partial charge in [0.15, 0.2) is 0 Å². The molecule has 0 bridgehead atoms. The lowest BCUT2D eigenvalue weighted by atomic mass is 9.82. The highest BCUT2D eigenvalue weighted by Crippen LogP contribution is 2.33. The van der Waals surface area contributed by atoms with Gasteiger partial charge >= 0.3 is 23.9 Å². The van der Waals surface area contributed by atoms with Gasteiger partial charge < -0.3 is 39.4 Å². The summed E-state index contributed by atoms with van der Waals surface area (Å²) in [4.78, 5) is 49.3. The second-order valence-corrected chi connectivity index (χ2v) is 14.0. The van der Waals surface area contributed by atoms with E-state index in [9.17, 15) is 29.4 Å². The molecule has 4 aromatic carbocycles. The Kier molecular flexibility index (Phi) is 15.4. The van der Waals surface area contributed by atoms with Crippen LogP contribution in [0.25, 0.3) is 0 Å². The Labute approximate surface area is 328 Å². The summed E-state index contributed by atoms with van der Waals surface area (Å²) in [6.45, 7) is 0.166. The van der Waals surface area contributed by atoms with E-state index in [0.29, 0.717) is 87.2 Å². The molecule has 2 aliphatic rings. The molecule has 0 saturated heterocycles. The van der Waals surface area contributed by atoms with Gasteiger partial charge in [-0.15, -0.1) is 0 Å². The molecule has 0 unspecified atom stereocenters. The summed E-state index contributed by atoms with van der Waals surface area (Å²) in [5.41, 5.74) is 1.97. The van der Waals surface area contributed by atoms with E-state index in [-0.39, 0.29) is 75.1 Å². The number of aliphatic hydroxyl groups excluding tert-OH is 2. The topological polar surface area (TPSA) is 186 Å². The molecule has 0 atom stereocenters. The lowest BCUT2D eigenvalue weighted by molar-refractivity contribution is -0.145. The molecule has 2 aliphatic carbocycles. The summed E-state index contributed by atoms with van der Waals surface area (Å²) < 4.78 is 21.6. The maximum Gasteiger partial charge on any atom is 0.314 e. The first-order valence-corrected chi connectivity index (χ1v) is 18.9. The molecular weight excluding hydrogens is 720 g/mol. The first kappa shape index (κ1) is 41.4. The normalized spacial score (nSPS) is 19.0. The van der Waals surface area contributed by atoms with Crippen molar-refractivity contribution in [3.05, 3.63) is 108 Å². The van der Waals surface area contributed by atoms with Crippen LogP contribution in [0.3, 0.4) is 0 Å². The summed E-state index contributed by atoms with van der Waals surface area (Å²) in [6, 6.07) is 26.2. The van der Waals surface area contributed by atoms with E-state index in [1.165, 1.54) is 48.5 Å². The van der Waals surface area contributed by atoms with Crippen LogP contribution in [0.15, 0.2) is 97.1 Å². The number of hydrogen-bond acceptors (Lipinski definition) is 12. The molecule has 2 saturated carbocycles. The zero-order chi connectivity index (χ0) is 39.9. The average molecular weight is 773 g/mol. The summed E-state index contributed by atoms with van der Waals surface area (Å²) in [5.74, 6) is -0.121. The number of esters is 4. The molecule has 56 heavy (non-hydrogen) atoms. The van der Waals surface area contributed by atoms with E-state index in [0.717, 1.165) is 11.1 Å². The largest absolute Gasteiger partial charge is 0.508 e. The van der Waals surface area contributed by atoms with Gasteiger partial charge in [-0.05, 0) is 148 Å². The van der Waals surface area contributed by atoms with E-state index >= 15 is 0 Å². The number of aliphatic hydroxyl groups is 2. The van der Waals surface area contributed by atoms with Crippen LogP contribution in [-0.4, -0.2) is 57.5 Å². The quantitative estimate of drug-likeness (QED) is 0.0857. The maximum absolute atomic E-state index is 12.4. The zero-order valence-electron chi connectivity index (χ0n) is 31.1. The fourth-order valence-corrected chi connectivity index (χ4v) is 6.66. The van der Waals surface area contributed by atoms with Crippen molar-refractivity contribution in [1.82, 2.24) is 0 Å². The van der Waals surface area contributed by atoms with Crippen LogP contribution >= 0.6 is 0 Å². The number of ether oxygens (including phenoxy) is 4.